The first-order chi connectivity index (χ1) is 15.2. The van der Waals surface area contributed by atoms with Gasteiger partial charge in [0.25, 0.3) is 5.91 Å². The Morgan fingerprint density at radius 2 is 1.45 bits per heavy atom. The fourth-order valence-corrected chi connectivity index (χ4v) is 2.99. The quantitative estimate of drug-likeness (QED) is 0.375. The summed E-state index contributed by atoms with van der Waals surface area (Å²) in [4.78, 5) is 12.7. The molecule has 31 heavy (non-hydrogen) atoms. The number of hydrogen-bond donors (Lipinski definition) is 2. The van der Waals surface area contributed by atoms with Gasteiger partial charge in [-0.25, -0.2) is 0 Å². The third-order valence-electron chi connectivity index (χ3n) is 4.15. The minimum atomic E-state index is -0.369. The van der Waals surface area contributed by atoms with Gasteiger partial charge >= 0.3 is 0 Å². The van der Waals surface area contributed by atoms with Gasteiger partial charge in [-0.1, -0.05) is 42.5 Å². The van der Waals surface area contributed by atoms with Gasteiger partial charge in [-0.05, 0) is 55.5 Å². The Kier molecular flexibility index (Phi) is 8.25. The molecule has 7 heteroatoms. The summed E-state index contributed by atoms with van der Waals surface area (Å²) < 4.78 is 17.0. The van der Waals surface area contributed by atoms with Crippen LogP contribution in [0.4, 0.5) is 5.69 Å². The molecule has 0 saturated heterocycles. The van der Waals surface area contributed by atoms with E-state index in [-0.39, 0.29) is 11.0 Å². The zero-order valence-corrected chi connectivity index (χ0v) is 18.0. The third-order valence-corrected chi connectivity index (χ3v) is 4.35. The molecule has 3 aromatic carbocycles. The van der Waals surface area contributed by atoms with Crippen molar-refractivity contribution in [1.29, 1.82) is 0 Å². The van der Waals surface area contributed by atoms with Crippen molar-refractivity contribution >= 4 is 28.9 Å². The Hall–Kier alpha value is -3.58. The van der Waals surface area contributed by atoms with E-state index < -0.39 is 0 Å². The lowest BCUT2D eigenvalue weighted by Gasteiger charge is -2.15. The average Bonchev–Trinajstić information content (AvgIpc) is 2.79. The first-order valence-corrected chi connectivity index (χ1v) is 10.3. The normalized spacial score (nSPS) is 10.1. The van der Waals surface area contributed by atoms with E-state index in [1.54, 1.807) is 24.3 Å². The van der Waals surface area contributed by atoms with Crippen molar-refractivity contribution in [3.8, 4) is 17.2 Å². The minimum absolute atomic E-state index is 0.166. The number of benzene rings is 3. The summed E-state index contributed by atoms with van der Waals surface area (Å²) in [6, 6.07) is 23.8. The molecule has 0 atom stereocenters. The molecule has 0 aliphatic rings. The standard InChI is InChI=1S/C24H24N2O4S/c1-2-28-22-15-9-7-13-20(22)25-24(31)26-23(27)19-12-6-8-14-21(19)30-17-16-29-18-10-4-3-5-11-18/h3-15H,2,16-17H2,1H3,(H2,25,26,27,31). The molecule has 0 aliphatic carbocycles. The Morgan fingerprint density at radius 1 is 0.806 bits per heavy atom. The first kappa shape index (κ1) is 22.1. The second kappa shape index (κ2) is 11.6. The number of carbonyl (C=O) groups is 1. The van der Waals surface area contributed by atoms with Crippen molar-refractivity contribution in [3.63, 3.8) is 0 Å². The number of rotatable bonds is 9. The molecular formula is C24H24N2O4S. The van der Waals surface area contributed by atoms with E-state index in [2.05, 4.69) is 10.6 Å². The van der Waals surface area contributed by atoms with Crippen LogP contribution in [0.1, 0.15) is 17.3 Å². The molecule has 3 aromatic rings. The van der Waals surface area contributed by atoms with Crippen LogP contribution in [-0.2, 0) is 0 Å². The highest BCUT2D eigenvalue weighted by Gasteiger charge is 2.14. The highest BCUT2D eigenvalue weighted by molar-refractivity contribution is 7.80. The van der Waals surface area contributed by atoms with Crippen LogP contribution < -0.4 is 24.8 Å². The molecule has 0 fully saturated rings. The van der Waals surface area contributed by atoms with Gasteiger partial charge in [-0.3, -0.25) is 10.1 Å². The molecule has 1 amide bonds. The molecule has 160 valence electrons. The maximum absolute atomic E-state index is 12.7. The van der Waals surface area contributed by atoms with Crippen molar-refractivity contribution in [2.75, 3.05) is 25.1 Å². The predicted octanol–water partition coefficient (Wildman–Crippen LogP) is 4.67. The van der Waals surface area contributed by atoms with Gasteiger partial charge in [0.2, 0.25) is 0 Å². The summed E-state index contributed by atoms with van der Waals surface area (Å²) in [6.45, 7) is 3.08. The zero-order valence-electron chi connectivity index (χ0n) is 17.2. The molecule has 0 heterocycles. The van der Waals surface area contributed by atoms with Gasteiger partial charge in [-0.15, -0.1) is 0 Å². The molecule has 0 spiro atoms. The van der Waals surface area contributed by atoms with Crippen LogP contribution in [0.5, 0.6) is 17.2 Å². The van der Waals surface area contributed by atoms with Crippen LogP contribution in [0, 0.1) is 0 Å². The fraction of sp³-hybridized carbons (Fsp3) is 0.167. The number of hydrogen-bond acceptors (Lipinski definition) is 5. The molecule has 2 N–H and O–H groups in total. The van der Waals surface area contributed by atoms with Crippen LogP contribution in [0.2, 0.25) is 0 Å². The lowest BCUT2D eigenvalue weighted by molar-refractivity contribution is 0.0972. The molecular weight excluding hydrogens is 412 g/mol. The summed E-state index contributed by atoms with van der Waals surface area (Å²) in [7, 11) is 0. The Morgan fingerprint density at radius 3 is 2.23 bits per heavy atom. The number of thiocarbonyl (C=S) groups is 1. The average molecular weight is 437 g/mol. The van der Waals surface area contributed by atoms with Crippen LogP contribution in [0.3, 0.4) is 0 Å². The molecule has 0 aromatic heterocycles. The van der Waals surface area contributed by atoms with Gasteiger partial charge < -0.3 is 19.5 Å². The van der Waals surface area contributed by atoms with Crippen molar-refractivity contribution in [2.45, 2.75) is 6.92 Å². The largest absolute Gasteiger partial charge is 0.492 e. The highest BCUT2D eigenvalue weighted by atomic mass is 32.1. The van der Waals surface area contributed by atoms with E-state index in [0.717, 1.165) is 5.75 Å². The summed E-state index contributed by atoms with van der Waals surface area (Å²) in [6.07, 6.45) is 0. The van der Waals surface area contributed by atoms with Crippen LogP contribution in [-0.4, -0.2) is 30.8 Å². The number of carbonyl (C=O) groups excluding carboxylic acids is 1. The van der Waals surface area contributed by atoms with Gasteiger partial charge in [0, 0.05) is 0 Å². The van der Waals surface area contributed by atoms with E-state index >= 15 is 0 Å². The number of amides is 1. The van der Waals surface area contributed by atoms with Gasteiger partial charge in [-0.2, -0.15) is 0 Å². The van der Waals surface area contributed by atoms with Crippen molar-refractivity contribution in [1.82, 2.24) is 5.32 Å². The monoisotopic (exact) mass is 436 g/mol. The second-order valence-electron chi connectivity index (χ2n) is 6.34. The SMILES string of the molecule is CCOc1ccccc1NC(=S)NC(=O)c1ccccc1OCCOc1ccccc1. The van der Waals surface area contributed by atoms with Gasteiger partial charge in [0.05, 0.1) is 17.9 Å². The van der Waals surface area contributed by atoms with E-state index in [4.69, 9.17) is 26.4 Å². The summed E-state index contributed by atoms with van der Waals surface area (Å²) >= 11 is 5.30. The second-order valence-corrected chi connectivity index (χ2v) is 6.75. The number of ether oxygens (including phenoxy) is 3. The maximum Gasteiger partial charge on any atom is 0.261 e. The smallest absolute Gasteiger partial charge is 0.261 e. The number of nitrogens with one attached hydrogen (secondary N) is 2. The number of para-hydroxylation sites is 4. The van der Waals surface area contributed by atoms with E-state index in [1.165, 1.54) is 0 Å². The van der Waals surface area contributed by atoms with Crippen LogP contribution in [0.25, 0.3) is 0 Å². The molecule has 0 unspecified atom stereocenters. The lowest BCUT2D eigenvalue weighted by Crippen LogP contribution is -2.34. The minimum Gasteiger partial charge on any atom is -0.492 e. The van der Waals surface area contributed by atoms with Crippen LogP contribution in [0.15, 0.2) is 78.9 Å². The van der Waals surface area contributed by atoms with E-state index in [9.17, 15) is 4.79 Å². The lowest BCUT2D eigenvalue weighted by atomic mass is 10.2. The van der Waals surface area contributed by atoms with Crippen molar-refractivity contribution in [3.05, 3.63) is 84.4 Å². The van der Waals surface area contributed by atoms with Gasteiger partial charge in [0.1, 0.15) is 30.5 Å². The Bertz CT molecular complexity index is 1010. The first-order valence-electron chi connectivity index (χ1n) is 9.91. The Balaban J connectivity index is 1.56. The van der Waals surface area contributed by atoms with Crippen molar-refractivity contribution < 1.29 is 19.0 Å². The van der Waals surface area contributed by atoms with Crippen molar-refractivity contribution in [2.24, 2.45) is 0 Å². The van der Waals surface area contributed by atoms with Crippen LogP contribution >= 0.6 is 12.2 Å². The molecule has 6 nitrogen and oxygen atoms in total. The fourth-order valence-electron chi connectivity index (χ4n) is 2.78. The Labute approximate surface area is 187 Å². The maximum atomic E-state index is 12.7. The van der Waals surface area contributed by atoms with E-state index in [0.29, 0.717) is 42.6 Å². The van der Waals surface area contributed by atoms with E-state index in [1.807, 2.05) is 61.5 Å². The topological polar surface area (TPSA) is 68.8 Å². The molecule has 0 radical (unpaired) electrons. The number of anilines is 1. The molecule has 0 bridgehead atoms. The zero-order chi connectivity index (χ0) is 21.9. The highest BCUT2D eigenvalue weighted by Crippen LogP contribution is 2.24. The predicted molar refractivity (Wildman–Crippen MR) is 125 cm³/mol. The molecule has 0 saturated carbocycles. The molecule has 0 aliphatic heterocycles. The summed E-state index contributed by atoms with van der Waals surface area (Å²) in [5, 5.41) is 5.85. The third kappa shape index (κ3) is 6.72. The summed E-state index contributed by atoms with van der Waals surface area (Å²) in [5.74, 6) is 1.50. The molecule has 3 rings (SSSR count). The summed E-state index contributed by atoms with van der Waals surface area (Å²) in [5.41, 5.74) is 1.06. The van der Waals surface area contributed by atoms with Gasteiger partial charge in [0.15, 0.2) is 5.11 Å².